The van der Waals surface area contributed by atoms with Gasteiger partial charge in [0.05, 0.1) is 0 Å². The molecule has 25 heavy (non-hydrogen) atoms. The fourth-order valence-electron chi connectivity index (χ4n) is 2.67. The van der Waals surface area contributed by atoms with Crippen LogP contribution in [0.3, 0.4) is 0 Å². The van der Waals surface area contributed by atoms with Gasteiger partial charge in [-0.15, -0.1) is 0 Å². The lowest BCUT2D eigenvalue weighted by molar-refractivity contribution is -0.137. The molecule has 0 unspecified atom stereocenters. The van der Waals surface area contributed by atoms with E-state index < -0.39 is 5.97 Å². The zero-order valence-corrected chi connectivity index (χ0v) is 14.9. The quantitative estimate of drug-likeness (QED) is 0.360. The van der Waals surface area contributed by atoms with Gasteiger partial charge in [-0.05, 0) is 37.0 Å². The zero-order chi connectivity index (χ0) is 18.1. The van der Waals surface area contributed by atoms with Gasteiger partial charge >= 0.3 is 5.97 Å². The predicted octanol–water partition coefficient (Wildman–Crippen LogP) is 5.02. The van der Waals surface area contributed by atoms with Crippen LogP contribution in [0.15, 0.2) is 41.7 Å². The molecule has 0 atom stereocenters. The van der Waals surface area contributed by atoms with Gasteiger partial charge in [0.25, 0.3) is 0 Å². The molecule has 1 aliphatic rings. The summed E-state index contributed by atoms with van der Waals surface area (Å²) >= 11 is 5.84. The third-order valence-electron chi connectivity index (χ3n) is 4.07. The van der Waals surface area contributed by atoms with Gasteiger partial charge in [-0.3, -0.25) is 4.79 Å². The Labute approximate surface area is 153 Å². The fraction of sp³-hybridized carbons (Fsp3) is 0.400. The molecule has 0 radical (unpaired) electrons. The average Bonchev–Trinajstić information content (AvgIpc) is 2.93. The van der Waals surface area contributed by atoms with Crippen LogP contribution in [0.25, 0.3) is 6.08 Å². The van der Waals surface area contributed by atoms with Crippen LogP contribution >= 0.6 is 11.6 Å². The second-order valence-electron chi connectivity index (χ2n) is 6.08. The number of ketones is 1. The number of allylic oxidation sites excluding steroid dienone is 1. The second kappa shape index (κ2) is 10.0. The van der Waals surface area contributed by atoms with E-state index in [0.717, 1.165) is 49.1 Å². The maximum absolute atomic E-state index is 11.9. The van der Waals surface area contributed by atoms with E-state index in [0.29, 0.717) is 0 Å². The first kappa shape index (κ1) is 19.3. The van der Waals surface area contributed by atoms with Crippen molar-refractivity contribution in [2.24, 2.45) is 0 Å². The summed E-state index contributed by atoms with van der Waals surface area (Å²) in [6, 6.07) is 7.74. The van der Waals surface area contributed by atoms with Crippen LogP contribution in [0.5, 0.6) is 0 Å². The van der Waals surface area contributed by atoms with Crippen molar-refractivity contribution in [3.8, 4) is 0 Å². The summed E-state index contributed by atoms with van der Waals surface area (Å²) < 4.78 is 4.62. The average molecular weight is 363 g/mol. The van der Waals surface area contributed by atoms with Crippen molar-refractivity contribution >= 4 is 29.4 Å². The van der Waals surface area contributed by atoms with Crippen molar-refractivity contribution in [2.75, 3.05) is 6.61 Å². The van der Waals surface area contributed by atoms with Crippen molar-refractivity contribution < 1.29 is 19.4 Å². The van der Waals surface area contributed by atoms with E-state index in [1.165, 1.54) is 0 Å². The number of benzene rings is 1. The third kappa shape index (κ3) is 6.39. The van der Waals surface area contributed by atoms with Gasteiger partial charge in [0.15, 0.2) is 5.78 Å². The Morgan fingerprint density at radius 1 is 1.12 bits per heavy atom. The number of Topliss-reactive ketones (excluding diaryl/α,β-unsaturated/α-hetero) is 1. The monoisotopic (exact) mass is 362 g/mol. The largest absolute Gasteiger partial charge is 0.508 e. The molecule has 0 saturated heterocycles. The number of hydrogen-bond donors (Lipinski definition) is 1. The Hall–Kier alpha value is -2.07. The Kier molecular flexibility index (Phi) is 7.74. The fourth-order valence-corrected chi connectivity index (χ4v) is 2.79. The lowest BCUT2D eigenvalue weighted by Gasteiger charge is -2.01. The zero-order valence-electron chi connectivity index (χ0n) is 14.2. The number of esters is 1. The lowest BCUT2D eigenvalue weighted by atomic mass is 10.0. The highest BCUT2D eigenvalue weighted by molar-refractivity contribution is 6.30. The molecule has 1 heterocycles. The topological polar surface area (TPSA) is 63.6 Å². The summed E-state index contributed by atoms with van der Waals surface area (Å²) in [5, 5.41) is 10.2. The number of hydrogen-bond acceptors (Lipinski definition) is 4. The summed E-state index contributed by atoms with van der Waals surface area (Å²) in [6.45, 7) is -0.177. The Balaban J connectivity index is 1.52. The Bertz CT molecular complexity index is 659. The molecule has 0 spiro atoms. The highest BCUT2D eigenvalue weighted by Crippen LogP contribution is 2.18. The molecule has 0 fully saturated rings. The van der Waals surface area contributed by atoms with E-state index in [1.54, 1.807) is 0 Å². The van der Waals surface area contributed by atoms with E-state index in [-0.39, 0.29) is 30.1 Å². The van der Waals surface area contributed by atoms with Crippen molar-refractivity contribution in [3.63, 3.8) is 0 Å². The molecule has 0 amide bonds. The molecule has 0 aromatic heterocycles. The second-order valence-corrected chi connectivity index (χ2v) is 6.52. The summed E-state index contributed by atoms with van der Waals surface area (Å²) in [4.78, 5) is 23.2. The van der Waals surface area contributed by atoms with E-state index in [9.17, 15) is 14.7 Å². The van der Waals surface area contributed by atoms with Crippen molar-refractivity contribution in [1.82, 2.24) is 0 Å². The van der Waals surface area contributed by atoms with Crippen LogP contribution in [0.1, 0.15) is 50.5 Å². The highest BCUT2D eigenvalue weighted by atomic mass is 35.5. The molecule has 1 aromatic rings. The van der Waals surface area contributed by atoms with Crippen LogP contribution in [-0.4, -0.2) is 23.5 Å². The Morgan fingerprint density at radius 3 is 2.48 bits per heavy atom. The van der Waals surface area contributed by atoms with E-state index in [2.05, 4.69) is 16.9 Å². The molecule has 0 saturated carbocycles. The van der Waals surface area contributed by atoms with Crippen molar-refractivity contribution in [1.29, 1.82) is 0 Å². The van der Waals surface area contributed by atoms with Crippen LogP contribution in [0.2, 0.25) is 5.02 Å². The molecule has 0 bridgehead atoms. The predicted molar refractivity (Wildman–Crippen MR) is 98.4 cm³/mol. The van der Waals surface area contributed by atoms with Gasteiger partial charge < -0.3 is 9.84 Å². The van der Waals surface area contributed by atoms with Crippen LogP contribution < -0.4 is 0 Å². The first-order chi connectivity index (χ1) is 12.1. The summed E-state index contributed by atoms with van der Waals surface area (Å²) in [7, 11) is 0. The first-order valence-corrected chi connectivity index (χ1v) is 9.00. The van der Waals surface area contributed by atoms with Gasteiger partial charge in [-0.2, -0.15) is 0 Å². The number of carbonyl (C=O) groups excluding carboxylic acids is 2. The molecule has 2 rings (SSSR count). The number of aliphatic hydroxyl groups is 1. The van der Waals surface area contributed by atoms with Gasteiger partial charge in [-0.25, -0.2) is 4.79 Å². The molecule has 1 aliphatic heterocycles. The molecule has 1 aromatic carbocycles. The normalized spacial score (nSPS) is 14.4. The molecule has 1 N–H and O–H groups in total. The maximum Gasteiger partial charge on any atom is 0.345 e. The lowest BCUT2D eigenvalue weighted by Crippen LogP contribution is -2.10. The number of rotatable bonds is 10. The third-order valence-corrected chi connectivity index (χ3v) is 4.32. The van der Waals surface area contributed by atoms with Gasteiger partial charge in [0.2, 0.25) is 0 Å². The van der Waals surface area contributed by atoms with Crippen LogP contribution in [0.4, 0.5) is 0 Å². The van der Waals surface area contributed by atoms with Crippen LogP contribution in [-0.2, 0) is 14.3 Å². The summed E-state index contributed by atoms with van der Waals surface area (Å²) in [6.07, 6.45) is 10.5. The number of halogens is 1. The molecular weight excluding hydrogens is 340 g/mol. The minimum Gasteiger partial charge on any atom is -0.508 e. The van der Waals surface area contributed by atoms with Gasteiger partial charge in [0, 0.05) is 11.4 Å². The standard InChI is InChI=1S/C20H23ClO4/c21-16-12-10-15(11-13-16)8-6-4-2-1-3-5-7-9-17(22)19-18(23)14-25-20(19)24/h6,8,10-13,23H,1-5,7,9,14H2/b8-6-. The van der Waals surface area contributed by atoms with Crippen molar-refractivity contribution in [3.05, 3.63) is 52.3 Å². The Morgan fingerprint density at radius 2 is 1.80 bits per heavy atom. The SMILES string of the molecule is O=C(CCCCCCC/C=C\c1ccc(Cl)cc1)C1=C(O)COC1=O. The minimum atomic E-state index is -0.699. The van der Waals surface area contributed by atoms with Crippen molar-refractivity contribution in [2.45, 2.75) is 44.9 Å². The number of ether oxygens (including phenoxy) is 1. The van der Waals surface area contributed by atoms with E-state index >= 15 is 0 Å². The number of aliphatic hydroxyl groups excluding tert-OH is 1. The first-order valence-electron chi connectivity index (χ1n) is 8.62. The molecule has 5 heteroatoms. The smallest absolute Gasteiger partial charge is 0.345 e. The summed E-state index contributed by atoms with van der Waals surface area (Å²) in [5.41, 5.74) is 0.984. The van der Waals surface area contributed by atoms with E-state index in [1.807, 2.05) is 24.3 Å². The minimum absolute atomic E-state index is 0.160. The molecule has 134 valence electrons. The number of cyclic esters (lactones) is 1. The highest BCUT2D eigenvalue weighted by Gasteiger charge is 2.29. The van der Waals surface area contributed by atoms with E-state index in [4.69, 9.17) is 11.6 Å². The maximum atomic E-state index is 11.9. The van der Waals surface area contributed by atoms with Gasteiger partial charge in [0.1, 0.15) is 17.9 Å². The van der Waals surface area contributed by atoms with Gasteiger partial charge in [-0.1, -0.05) is 55.1 Å². The molecule has 0 aliphatic carbocycles. The molecular formula is C20H23ClO4. The molecule has 4 nitrogen and oxygen atoms in total. The number of unbranched alkanes of at least 4 members (excludes halogenated alkanes) is 5. The number of carbonyl (C=O) groups is 2. The summed E-state index contributed by atoms with van der Waals surface area (Å²) in [5.74, 6) is -1.25. The van der Waals surface area contributed by atoms with Crippen LogP contribution in [0, 0.1) is 0 Å².